The molecule has 3 fully saturated rings. The van der Waals surface area contributed by atoms with Gasteiger partial charge in [0, 0.05) is 11.3 Å². The Kier molecular flexibility index (Phi) is 5.15. The van der Waals surface area contributed by atoms with Crippen molar-refractivity contribution in [1.29, 1.82) is 0 Å². The highest BCUT2D eigenvalue weighted by molar-refractivity contribution is 6.22. The topological polar surface area (TPSA) is 84.9 Å². The van der Waals surface area contributed by atoms with Crippen molar-refractivity contribution in [3.63, 3.8) is 0 Å². The number of nitrogens with one attached hydrogen (secondary N) is 1. The third kappa shape index (κ3) is 3.53. The normalized spacial score (nSPS) is 28.1. The standard InChI is InChI=1S/C31H26N2O5/c1-37-25-4-2-3-5-26(25)38-20-12-8-18(9-13-20)32-29(34)17-6-10-19(11-7-17)33-30(35)27-21-14-15-22(24-16-23(21)24)28(27)31(33)36/h2-15,21-24,27-28H,16H2,1H3,(H,32,34)/t21-,22-,23-,24+,27-,28+/m1/s1. The molecule has 0 unspecified atom stereocenters. The molecule has 0 aromatic heterocycles. The second kappa shape index (κ2) is 8.58. The molecule has 2 bridgehead atoms. The van der Waals surface area contributed by atoms with Crippen LogP contribution in [0.25, 0.3) is 0 Å². The molecule has 4 aliphatic carbocycles. The van der Waals surface area contributed by atoms with Gasteiger partial charge in [0.05, 0.1) is 24.6 Å². The van der Waals surface area contributed by atoms with Gasteiger partial charge in [0.25, 0.3) is 5.91 Å². The Morgan fingerprint density at radius 3 is 2.03 bits per heavy atom. The largest absolute Gasteiger partial charge is 0.493 e. The lowest BCUT2D eigenvalue weighted by atomic mass is 9.63. The van der Waals surface area contributed by atoms with Crippen LogP contribution in [0, 0.1) is 35.5 Å². The zero-order valence-electron chi connectivity index (χ0n) is 20.7. The molecule has 190 valence electrons. The summed E-state index contributed by atoms with van der Waals surface area (Å²) in [5, 5.41) is 2.87. The summed E-state index contributed by atoms with van der Waals surface area (Å²) in [6, 6.07) is 21.1. The van der Waals surface area contributed by atoms with Gasteiger partial charge in [-0.1, -0.05) is 24.3 Å². The van der Waals surface area contributed by atoms with Gasteiger partial charge in [-0.3, -0.25) is 19.3 Å². The zero-order chi connectivity index (χ0) is 26.0. The van der Waals surface area contributed by atoms with Crippen molar-refractivity contribution in [1.82, 2.24) is 0 Å². The second-order valence-electron chi connectivity index (χ2n) is 10.4. The number of hydrogen-bond donors (Lipinski definition) is 1. The third-order valence-electron chi connectivity index (χ3n) is 8.46. The SMILES string of the molecule is COc1ccccc1Oc1ccc(NC(=O)c2ccc(N3C(=O)[C@@H]4[C@@H]5C=C[C@H]([C@@H]6C[C@H]56)[C@@H]4C3=O)cc2)cc1. The van der Waals surface area contributed by atoms with Crippen LogP contribution >= 0.6 is 0 Å². The van der Waals surface area contributed by atoms with Crippen molar-refractivity contribution in [2.24, 2.45) is 35.5 Å². The van der Waals surface area contributed by atoms with E-state index in [4.69, 9.17) is 9.47 Å². The van der Waals surface area contributed by atoms with Gasteiger partial charge < -0.3 is 14.8 Å². The van der Waals surface area contributed by atoms with Gasteiger partial charge in [-0.15, -0.1) is 0 Å². The summed E-state index contributed by atoms with van der Waals surface area (Å²) >= 11 is 0. The van der Waals surface area contributed by atoms with Crippen LogP contribution in [0.2, 0.25) is 0 Å². The smallest absolute Gasteiger partial charge is 0.255 e. The number of imide groups is 1. The molecular formula is C31H26N2O5. The number of benzene rings is 3. The molecule has 0 spiro atoms. The first-order chi connectivity index (χ1) is 18.5. The lowest BCUT2D eigenvalue weighted by Crippen LogP contribution is -2.40. The quantitative estimate of drug-likeness (QED) is 0.362. The maximum atomic E-state index is 13.3. The fourth-order valence-electron chi connectivity index (χ4n) is 6.61. The molecule has 6 atom stereocenters. The molecule has 38 heavy (non-hydrogen) atoms. The highest BCUT2D eigenvalue weighted by Crippen LogP contribution is 2.65. The highest BCUT2D eigenvalue weighted by Gasteiger charge is 2.67. The molecule has 1 heterocycles. The van der Waals surface area contributed by atoms with E-state index in [-0.39, 0.29) is 41.4 Å². The monoisotopic (exact) mass is 506 g/mol. The first kappa shape index (κ1) is 22.8. The Morgan fingerprint density at radius 2 is 1.42 bits per heavy atom. The van der Waals surface area contributed by atoms with E-state index >= 15 is 0 Å². The maximum absolute atomic E-state index is 13.3. The van der Waals surface area contributed by atoms with Crippen LogP contribution in [0.3, 0.4) is 0 Å². The van der Waals surface area contributed by atoms with Gasteiger partial charge in [-0.2, -0.15) is 0 Å². The van der Waals surface area contributed by atoms with Crippen LogP contribution in [0.1, 0.15) is 16.8 Å². The number of methoxy groups -OCH3 is 1. The van der Waals surface area contributed by atoms with Crippen LogP contribution in [0.5, 0.6) is 17.2 Å². The Labute approximate surface area is 220 Å². The summed E-state index contributed by atoms with van der Waals surface area (Å²) in [6.45, 7) is 0. The Balaban J connectivity index is 1.02. The summed E-state index contributed by atoms with van der Waals surface area (Å²) in [5.74, 6) is 2.39. The lowest BCUT2D eigenvalue weighted by molar-refractivity contribution is -0.124. The zero-order valence-corrected chi connectivity index (χ0v) is 20.7. The highest BCUT2D eigenvalue weighted by atomic mass is 16.5. The molecule has 1 saturated heterocycles. The number of anilines is 2. The minimum absolute atomic E-state index is 0.0997. The first-order valence-corrected chi connectivity index (χ1v) is 12.9. The van der Waals surface area contributed by atoms with E-state index in [1.54, 1.807) is 55.6 Å². The summed E-state index contributed by atoms with van der Waals surface area (Å²) in [6.07, 6.45) is 5.47. The number of carbonyl (C=O) groups is 3. The Morgan fingerprint density at radius 1 is 0.816 bits per heavy atom. The Bertz CT molecular complexity index is 1440. The van der Waals surface area contributed by atoms with E-state index in [0.717, 1.165) is 6.42 Å². The van der Waals surface area contributed by atoms with Crippen LogP contribution in [-0.4, -0.2) is 24.8 Å². The molecular weight excluding hydrogens is 480 g/mol. The van der Waals surface area contributed by atoms with Gasteiger partial charge in [0.15, 0.2) is 11.5 Å². The molecule has 7 nitrogen and oxygen atoms in total. The molecule has 2 saturated carbocycles. The molecule has 1 N–H and O–H groups in total. The van der Waals surface area contributed by atoms with Gasteiger partial charge in [0.1, 0.15) is 5.75 Å². The fraction of sp³-hybridized carbons (Fsp3) is 0.258. The predicted octanol–water partition coefficient (Wildman–Crippen LogP) is 5.30. The van der Waals surface area contributed by atoms with Crippen molar-refractivity contribution >= 4 is 29.1 Å². The van der Waals surface area contributed by atoms with Crippen molar-refractivity contribution in [3.05, 3.63) is 90.5 Å². The number of allylic oxidation sites excluding steroid dienone is 2. The van der Waals surface area contributed by atoms with E-state index in [1.165, 1.54) is 4.90 Å². The van der Waals surface area contributed by atoms with Crippen molar-refractivity contribution < 1.29 is 23.9 Å². The van der Waals surface area contributed by atoms with Crippen LogP contribution in [-0.2, 0) is 9.59 Å². The summed E-state index contributed by atoms with van der Waals surface area (Å²) in [5.41, 5.74) is 1.57. The third-order valence-corrected chi connectivity index (χ3v) is 8.46. The minimum Gasteiger partial charge on any atom is -0.493 e. The van der Waals surface area contributed by atoms with Gasteiger partial charge in [-0.05, 0) is 90.8 Å². The summed E-state index contributed by atoms with van der Waals surface area (Å²) in [4.78, 5) is 40.8. The number of hydrogen-bond acceptors (Lipinski definition) is 5. The molecule has 8 rings (SSSR count). The van der Waals surface area contributed by atoms with Crippen LogP contribution in [0.4, 0.5) is 11.4 Å². The summed E-state index contributed by atoms with van der Waals surface area (Å²) < 4.78 is 11.2. The number of amides is 3. The number of ether oxygens (including phenoxy) is 2. The number of rotatable bonds is 6. The maximum Gasteiger partial charge on any atom is 0.255 e. The second-order valence-corrected chi connectivity index (χ2v) is 10.4. The fourth-order valence-corrected chi connectivity index (χ4v) is 6.61. The number of carbonyl (C=O) groups excluding carboxylic acids is 3. The minimum atomic E-state index is -0.287. The van der Waals surface area contributed by atoms with Crippen molar-refractivity contribution in [2.45, 2.75) is 6.42 Å². The molecule has 3 amide bonds. The summed E-state index contributed by atoms with van der Waals surface area (Å²) in [7, 11) is 1.59. The van der Waals surface area contributed by atoms with Crippen molar-refractivity contribution in [2.75, 3.05) is 17.3 Å². The molecule has 7 heteroatoms. The van der Waals surface area contributed by atoms with Gasteiger partial charge in [0.2, 0.25) is 11.8 Å². The number of nitrogens with zero attached hydrogens (tertiary/aromatic N) is 1. The molecule has 3 aromatic rings. The van der Waals surface area contributed by atoms with E-state index in [0.29, 0.717) is 46.0 Å². The predicted molar refractivity (Wildman–Crippen MR) is 141 cm³/mol. The van der Waals surface area contributed by atoms with E-state index in [9.17, 15) is 14.4 Å². The first-order valence-electron chi connectivity index (χ1n) is 12.9. The lowest BCUT2D eigenvalue weighted by Gasteiger charge is -2.37. The molecule has 0 radical (unpaired) electrons. The molecule has 3 aromatic carbocycles. The van der Waals surface area contributed by atoms with Gasteiger partial charge >= 0.3 is 0 Å². The molecule has 5 aliphatic rings. The molecule has 1 aliphatic heterocycles. The van der Waals surface area contributed by atoms with E-state index in [2.05, 4.69) is 17.5 Å². The van der Waals surface area contributed by atoms with Crippen LogP contribution in [0.15, 0.2) is 84.9 Å². The average Bonchev–Trinajstić information content (AvgIpc) is 3.73. The van der Waals surface area contributed by atoms with Gasteiger partial charge in [-0.25, -0.2) is 0 Å². The number of para-hydroxylation sites is 2. The Hall–Kier alpha value is -4.39. The van der Waals surface area contributed by atoms with Crippen LogP contribution < -0.4 is 19.7 Å². The average molecular weight is 507 g/mol. The van der Waals surface area contributed by atoms with E-state index in [1.807, 2.05) is 24.3 Å². The van der Waals surface area contributed by atoms with E-state index < -0.39 is 0 Å². The van der Waals surface area contributed by atoms with Crippen molar-refractivity contribution in [3.8, 4) is 17.2 Å².